The Hall–Kier alpha value is -4.28. The quantitative estimate of drug-likeness (QED) is 0.478. The third-order valence-corrected chi connectivity index (χ3v) is 4.68. The number of hydrogen-bond donors (Lipinski definition) is 1. The van der Waals surface area contributed by atoms with Gasteiger partial charge in [0.05, 0.1) is 18.9 Å². The van der Waals surface area contributed by atoms with E-state index in [-0.39, 0.29) is 18.4 Å². The van der Waals surface area contributed by atoms with Crippen LogP contribution >= 0.6 is 0 Å². The molecule has 0 fully saturated rings. The number of carbonyl (C=O) groups is 1. The van der Waals surface area contributed by atoms with Crippen molar-refractivity contribution in [3.8, 4) is 5.69 Å². The summed E-state index contributed by atoms with van der Waals surface area (Å²) < 4.78 is 4.81. The number of anilines is 1. The summed E-state index contributed by atoms with van der Waals surface area (Å²) >= 11 is 0. The molecule has 0 aliphatic heterocycles. The molecule has 1 amide bonds. The van der Waals surface area contributed by atoms with E-state index in [2.05, 4.69) is 20.3 Å². The Morgan fingerprint density at radius 3 is 2.81 bits per heavy atom. The molecule has 1 aromatic carbocycles. The first-order valence-corrected chi connectivity index (χ1v) is 9.49. The maximum absolute atomic E-state index is 12.4. The highest BCUT2D eigenvalue weighted by Crippen LogP contribution is 2.18. The van der Waals surface area contributed by atoms with Crippen LogP contribution in [0.1, 0.15) is 11.3 Å². The Labute approximate surface area is 176 Å². The summed E-state index contributed by atoms with van der Waals surface area (Å²) in [7, 11) is 1.80. The molecular weight excluding hydrogens is 400 g/mol. The zero-order valence-corrected chi connectivity index (χ0v) is 16.7. The minimum Gasteiger partial charge on any atom is -0.465 e. The zero-order valence-electron chi connectivity index (χ0n) is 16.7. The van der Waals surface area contributed by atoms with Crippen molar-refractivity contribution in [3.05, 3.63) is 83.1 Å². The largest absolute Gasteiger partial charge is 0.465 e. The lowest BCUT2D eigenvalue weighted by Gasteiger charge is -2.20. The first-order valence-electron chi connectivity index (χ1n) is 9.49. The van der Waals surface area contributed by atoms with Crippen LogP contribution in [-0.4, -0.2) is 52.1 Å². The molecule has 3 heterocycles. The van der Waals surface area contributed by atoms with E-state index >= 15 is 0 Å². The summed E-state index contributed by atoms with van der Waals surface area (Å²) in [5, 5.41) is 22.2. The number of amides is 1. The lowest BCUT2D eigenvalue weighted by Crippen LogP contribution is -2.32. The summed E-state index contributed by atoms with van der Waals surface area (Å²) in [6.45, 7) is 0.576. The van der Waals surface area contributed by atoms with Gasteiger partial charge in [0, 0.05) is 38.0 Å². The smallest absolute Gasteiger partial charge is 0.411 e. The summed E-state index contributed by atoms with van der Waals surface area (Å²) in [6, 6.07) is 8.52. The van der Waals surface area contributed by atoms with Crippen LogP contribution < -0.4 is 10.3 Å². The highest BCUT2D eigenvalue weighted by Gasteiger charge is 2.15. The van der Waals surface area contributed by atoms with Gasteiger partial charge in [0.2, 0.25) is 5.43 Å². The maximum Gasteiger partial charge on any atom is 0.411 e. The van der Waals surface area contributed by atoms with Crippen molar-refractivity contribution < 1.29 is 9.90 Å². The van der Waals surface area contributed by atoms with E-state index in [0.29, 0.717) is 17.9 Å². The van der Waals surface area contributed by atoms with E-state index in [1.807, 2.05) is 6.07 Å². The lowest BCUT2D eigenvalue weighted by atomic mass is 10.1. The number of hydrogen-bond acceptors (Lipinski definition) is 6. The maximum atomic E-state index is 12.4. The molecule has 4 rings (SSSR count). The van der Waals surface area contributed by atoms with Crippen molar-refractivity contribution in [2.24, 2.45) is 7.05 Å². The van der Waals surface area contributed by atoms with Crippen LogP contribution in [0.3, 0.4) is 0 Å². The third-order valence-electron chi connectivity index (χ3n) is 4.68. The molecule has 0 radical (unpaired) electrons. The highest BCUT2D eigenvalue weighted by atomic mass is 16.4. The normalized spacial score (nSPS) is 10.9. The van der Waals surface area contributed by atoms with Gasteiger partial charge in [0.15, 0.2) is 0 Å². The van der Waals surface area contributed by atoms with Gasteiger partial charge in [-0.05, 0) is 17.7 Å². The van der Waals surface area contributed by atoms with E-state index in [1.54, 1.807) is 57.9 Å². The van der Waals surface area contributed by atoms with E-state index in [4.69, 9.17) is 0 Å². The second-order valence-electron chi connectivity index (χ2n) is 6.88. The fourth-order valence-electron chi connectivity index (χ4n) is 3.15. The van der Waals surface area contributed by atoms with Gasteiger partial charge in [-0.1, -0.05) is 12.1 Å². The van der Waals surface area contributed by atoms with Crippen LogP contribution in [0.25, 0.3) is 5.69 Å². The van der Waals surface area contributed by atoms with Crippen LogP contribution in [0.4, 0.5) is 10.5 Å². The van der Waals surface area contributed by atoms with Crippen molar-refractivity contribution in [3.63, 3.8) is 0 Å². The van der Waals surface area contributed by atoms with Gasteiger partial charge < -0.3 is 5.11 Å². The van der Waals surface area contributed by atoms with Crippen molar-refractivity contribution >= 4 is 11.8 Å². The zero-order chi connectivity index (χ0) is 21.8. The second kappa shape index (κ2) is 8.61. The molecule has 0 saturated heterocycles. The number of aromatic nitrogens is 7. The van der Waals surface area contributed by atoms with Crippen LogP contribution in [-0.2, 0) is 20.0 Å². The molecule has 4 aromatic rings. The standard InChI is InChI=1S/C20H20N8O3/c1-25-12-17(11-22-25)28-6-5-19(29)18(24-28)10-15-3-2-4-16(9-15)27(20(30)31)8-7-26-14-21-13-23-26/h2-6,9,11-14H,7-8,10H2,1H3,(H,30,31). The van der Waals surface area contributed by atoms with Gasteiger partial charge in [-0.25, -0.2) is 14.5 Å². The van der Waals surface area contributed by atoms with Gasteiger partial charge >= 0.3 is 6.09 Å². The average molecular weight is 420 g/mol. The van der Waals surface area contributed by atoms with E-state index in [1.165, 1.54) is 23.6 Å². The Bertz CT molecular complexity index is 1250. The van der Waals surface area contributed by atoms with Gasteiger partial charge in [-0.3, -0.25) is 19.1 Å². The number of rotatable bonds is 7. The molecule has 0 atom stereocenters. The summed E-state index contributed by atoms with van der Waals surface area (Å²) in [6.07, 6.45) is 7.17. The van der Waals surface area contributed by atoms with Gasteiger partial charge in [0.25, 0.3) is 0 Å². The molecule has 11 nitrogen and oxygen atoms in total. The first-order chi connectivity index (χ1) is 15.0. The van der Waals surface area contributed by atoms with Gasteiger partial charge in [-0.2, -0.15) is 15.3 Å². The molecule has 0 aliphatic carbocycles. The van der Waals surface area contributed by atoms with Crippen molar-refractivity contribution in [2.75, 3.05) is 11.4 Å². The van der Waals surface area contributed by atoms with Crippen molar-refractivity contribution in [1.82, 2.24) is 34.3 Å². The fourth-order valence-corrected chi connectivity index (χ4v) is 3.15. The number of aryl methyl sites for hydroxylation is 1. The molecule has 0 saturated carbocycles. The summed E-state index contributed by atoms with van der Waals surface area (Å²) in [5.41, 5.74) is 2.19. The SMILES string of the molecule is Cn1cc(-n2ccc(=O)c(Cc3cccc(N(CCn4cncn4)C(=O)O)c3)n2)cn1. The monoisotopic (exact) mass is 420 g/mol. The summed E-state index contributed by atoms with van der Waals surface area (Å²) in [4.78, 5) is 29.2. The first kappa shape index (κ1) is 20.0. The van der Waals surface area contributed by atoms with Crippen molar-refractivity contribution in [2.45, 2.75) is 13.0 Å². The molecule has 11 heteroatoms. The van der Waals surface area contributed by atoms with Crippen molar-refractivity contribution in [1.29, 1.82) is 0 Å². The van der Waals surface area contributed by atoms with Gasteiger partial charge in [0.1, 0.15) is 24.0 Å². The molecule has 0 bridgehead atoms. The minimum atomic E-state index is -1.07. The Morgan fingerprint density at radius 2 is 2.10 bits per heavy atom. The molecular formula is C20H20N8O3. The van der Waals surface area contributed by atoms with Gasteiger partial charge in [-0.15, -0.1) is 0 Å². The molecule has 31 heavy (non-hydrogen) atoms. The number of nitrogens with zero attached hydrogens (tertiary/aromatic N) is 8. The fraction of sp³-hybridized carbons (Fsp3) is 0.200. The molecule has 0 unspecified atom stereocenters. The molecule has 0 aliphatic rings. The minimum absolute atomic E-state index is 0.188. The summed E-state index contributed by atoms with van der Waals surface area (Å²) in [5.74, 6) is 0. The van der Waals surface area contributed by atoms with Crippen LogP contribution in [0.15, 0.2) is 66.4 Å². The molecule has 3 aromatic heterocycles. The molecule has 0 spiro atoms. The highest BCUT2D eigenvalue weighted by molar-refractivity contribution is 5.86. The predicted octanol–water partition coefficient (Wildman–Crippen LogP) is 1.33. The van der Waals surface area contributed by atoms with E-state index in [0.717, 1.165) is 11.3 Å². The van der Waals surface area contributed by atoms with Crippen LogP contribution in [0.5, 0.6) is 0 Å². The molecule has 158 valence electrons. The predicted molar refractivity (Wildman–Crippen MR) is 111 cm³/mol. The average Bonchev–Trinajstić information content (AvgIpc) is 3.42. The number of benzene rings is 1. The molecule has 1 N–H and O–H groups in total. The van der Waals surface area contributed by atoms with E-state index < -0.39 is 6.09 Å². The topological polar surface area (TPSA) is 124 Å². The lowest BCUT2D eigenvalue weighted by molar-refractivity contribution is 0.201. The Kier molecular flexibility index (Phi) is 5.56. The second-order valence-corrected chi connectivity index (χ2v) is 6.88. The number of carboxylic acid groups (broad SMARTS) is 1. The Balaban J connectivity index is 1.56. The van der Waals surface area contributed by atoms with E-state index in [9.17, 15) is 14.7 Å². The third kappa shape index (κ3) is 4.66. The Morgan fingerprint density at radius 1 is 1.23 bits per heavy atom. The van der Waals surface area contributed by atoms with Crippen LogP contribution in [0.2, 0.25) is 0 Å². The van der Waals surface area contributed by atoms with Crippen LogP contribution in [0, 0.1) is 0 Å².